The maximum absolute atomic E-state index is 14.1. The number of anilines is 1. The predicted molar refractivity (Wildman–Crippen MR) is 158 cm³/mol. The predicted octanol–water partition coefficient (Wildman–Crippen LogP) is 4.63. The number of ether oxygens (including phenoxy) is 1. The second-order valence-electron chi connectivity index (χ2n) is 10.3. The monoisotopic (exact) mass is 627 g/mol. The van der Waals surface area contributed by atoms with Crippen LogP contribution in [0.5, 0.6) is 11.5 Å². The van der Waals surface area contributed by atoms with Crippen LogP contribution in [0.15, 0.2) is 59.8 Å². The number of nitrogens with two attached hydrogens (primary N) is 1. The Morgan fingerprint density at radius 3 is 2.49 bits per heavy atom. The molecule has 2 atom stereocenters. The molecule has 0 aromatic heterocycles. The van der Waals surface area contributed by atoms with Crippen LogP contribution in [0.4, 0.5) is 23.7 Å². The number of oxime groups is 1. The number of carbonyl (C=O) groups is 3. The lowest BCUT2D eigenvalue weighted by Crippen LogP contribution is -2.48. The van der Waals surface area contributed by atoms with Gasteiger partial charge in [0.1, 0.15) is 23.2 Å². The highest BCUT2D eigenvalue weighted by molar-refractivity contribution is 6.02. The van der Waals surface area contributed by atoms with E-state index in [4.69, 9.17) is 15.3 Å². The standard InChI is InChI=1S/C31H32F3N5O6/c1-3-4-26(17-5-7-24(30(41)42)25(35)11-17)37-31(43)39-16-28(38-45-23-13-21(33)12-22(34)14-23)36-15-19(29(39)40)9-18-10-20(32)6-8-27(18)44-2/h5-8,10-14,19,26H,3-4,9,15-16,35H2,1-2H3,(H,36,38)(H,37,43)(H,41,42)/t19-,26-/m1/s1. The van der Waals surface area contributed by atoms with Gasteiger partial charge in [-0.05, 0) is 54.3 Å². The third-order valence-electron chi connectivity index (χ3n) is 7.11. The molecule has 3 amide bonds. The van der Waals surface area contributed by atoms with Gasteiger partial charge in [-0.25, -0.2) is 22.8 Å². The molecule has 3 aromatic carbocycles. The van der Waals surface area contributed by atoms with Crippen LogP contribution >= 0.6 is 0 Å². The van der Waals surface area contributed by atoms with Crippen molar-refractivity contribution < 1.29 is 42.2 Å². The van der Waals surface area contributed by atoms with E-state index in [-0.39, 0.29) is 35.8 Å². The number of nitrogens with zero attached hydrogens (tertiary/aromatic N) is 2. The lowest BCUT2D eigenvalue weighted by atomic mass is 9.97. The topological polar surface area (TPSA) is 156 Å². The Balaban J connectivity index is 1.64. The molecule has 238 valence electrons. The summed E-state index contributed by atoms with van der Waals surface area (Å²) < 4.78 is 46.8. The summed E-state index contributed by atoms with van der Waals surface area (Å²) in [4.78, 5) is 45.1. The van der Waals surface area contributed by atoms with Gasteiger partial charge in [0.15, 0.2) is 11.6 Å². The molecule has 0 spiro atoms. The minimum Gasteiger partial charge on any atom is -0.496 e. The molecule has 1 aliphatic rings. The van der Waals surface area contributed by atoms with Crippen molar-refractivity contribution in [3.8, 4) is 11.5 Å². The summed E-state index contributed by atoms with van der Waals surface area (Å²) in [5.74, 6) is -4.95. The molecule has 1 aliphatic heterocycles. The molecule has 45 heavy (non-hydrogen) atoms. The average Bonchev–Trinajstić information content (AvgIpc) is 3.13. The van der Waals surface area contributed by atoms with Crippen molar-refractivity contribution in [2.24, 2.45) is 11.1 Å². The first-order chi connectivity index (χ1) is 21.5. The zero-order chi connectivity index (χ0) is 32.7. The summed E-state index contributed by atoms with van der Waals surface area (Å²) in [6, 6.07) is 9.24. The highest BCUT2D eigenvalue weighted by atomic mass is 19.1. The van der Waals surface area contributed by atoms with E-state index in [1.54, 1.807) is 0 Å². The first kappa shape index (κ1) is 32.6. The van der Waals surface area contributed by atoms with E-state index >= 15 is 0 Å². The van der Waals surface area contributed by atoms with Gasteiger partial charge in [0.05, 0.1) is 31.2 Å². The van der Waals surface area contributed by atoms with E-state index in [0.29, 0.717) is 35.8 Å². The van der Waals surface area contributed by atoms with Gasteiger partial charge in [-0.2, -0.15) is 0 Å². The SMILES string of the molecule is CCC[C@@H](NC(=O)N1C/C(=N/Oc2cc(F)cc(F)c2)NC[C@@H](Cc2cc(F)ccc2OC)C1=O)c1ccc(C(=O)O)c(N)c1. The summed E-state index contributed by atoms with van der Waals surface area (Å²) in [5, 5.41) is 19.0. The van der Waals surface area contributed by atoms with Gasteiger partial charge in [-0.15, -0.1) is 0 Å². The van der Waals surface area contributed by atoms with Crippen LogP contribution in [-0.2, 0) is 11.2 Å². The number of benzene rings is 3. The molecule has 11 nitrogen and oxygen atoms in total. The third kappa shape index (κ3) is 8.22. The lowest BCUT2D eigenvalue weighted by molar-refractivity contribution is -0.131. The highest BCUT2D eigenvalue weighted by Crippen LogP contribution is 2.26. The molecule has 1 fully saturated rings. The number of halogens is 3. The molecule has 5 N–H and O–H groups in total. The van der Waals surface area contributed by atoms with Crippen LogP contribution in [-0.4, -0.2) is 53.9 Å². The maximum atomic E-state index is 14.1. The van der Waals surface area contributed by atoms with Crippen molar-refractivity contribution in [1.29, 1.82) is 0 Å². The number of urea groups is 1. The first-order valence-corrected chi connectivity index (χ1v) is 14.0. The molecular weight excluding hydrogens is 595 g/mol. The van der Waals surface area contributed by atoms with Crippen molar-refractivity contribution in [2.45, 2.75) is 32.2 Å². The van der Waals surface area contributed by atoms with Crippen molar-refractivity contribution in [3.05, 3.63) is 88.7 Å². The minimum atomic E-state index is -1.20. The summed E-state index contributed by atoms with van der Waals surface area (Å²) in [7, 11) is 1.41. The zero-order valence-corrected chi connectivity index (χ0v) is 24.5. The number of carboxylic acid groups (broad SMARTS) is 1. The summed E-state index contributed by atoms with van der Waals surface area (Å²) in [5.41, 5.74) is 6.77. The molecule has 0 saturated carbocycles. The van der Waals surface area contributed by atoms with Crippen molar-refractivity contribution in [1.82, 2.24) is 15.5 Å². The van der Waals surface area contributed by atoms with E-state index in [2.05, 4.69) is 15.8 Å². The molecule has 0 radical (unpaired) electrons. The number of nitrogen functional groups attached to an aromatic ring is 1. The average molecular weight is 628 g/mol. The molecule has 1 saturated heterocycles. The van der Waals surface area contributed by atoms with Crippen LogP contribution in [0.25, 0.3) is 0 Å². The molecular formula is C31H32F3N5O6. The van der Waals surface area contributed by atoms with Gasteiger partial charge in [-0.1, -0.05) is 24.6 Å². The number of methoxy groups -OCH3 is 1. The fraction of sp³-hybridized carbons (Fsp3) is 0.290. The number of amides is 3. The second-order valence-corrected chi connectivity index (χ2v) is 10.3. The Kier molecular flexibility index (Phi) is 10.5. The molecule has 1 heterocycles. The van der Waals surface area contributed by atoms with E-state index in [1.807, 2.05) is 6.92 Å². The first-order valence-electron chi connectivity index (χ1n) is 14.0. The van der Waals surface area contributed by atoms with Crippen molar-refractivity contribution in [3.63, 3.8) is 0 Å². The van der Waals surface area contributed by atoms with Crippen molar-refractivity contribution in [2.75, 3.05) is 25.9 Å². The quantitative estimate of drug-likeness (QED) is 0.187. The highest BCUT2D eigenvalue weighted by Gasteiger charge is 2.35. The number of nitrogens with one attached hydrogen (secondary N) is 2. The Hall–Kier alpha value is -5.27. The number of amidine groups is 1. The summed E-state index contributed by atoms with van der Waals surface area (Å²) in [6.45, 7) is 1.43. The number of rotatable bonds is 10. The fourth-order valence-corrected chi connectivity index (χ4v) is 4.92. The Bertz CT molecular complexity index is 1600. The molecule has 14 heteroatoms. The summed E-state index contributed by atoms with van der Waals surface area (Å²) >= 11 is 0. The Morgan fingerprint density at radius 1 is 1.11 bits per heavy atom. The van der Waals surface area contributed by atoms with Gasteiger partial charge < -0.3 is 31.0 Å². The third-order valence-corrected chi connectivity index (χ3v) is 7.11. The van der Waals surface area contributed by atoms with Gasteiger partial charge in [0.25, 0.3) is 0 Å². The number of hydrogen-bond donors (Lipinski definition) is 4. The van der Waals surface area contributed by atoms with Gasteiger partial charge >= 0.3 is 12.0 Å². The van der Waals surface area contributed by atoms with E-state index in [9.17, 15) is 32.7 Å². The van der Waals surface area contributed by atoms with Gasteiger partial charge in [-0.3, -0.25) is 9.69 Å². The molecule has 0 bridgehead atoms. The number of aromatic carboxylic acids is 1. The van der Waals surface area contributed by atoms with E-state index in [1.165, 1.54) is 43.5 Å². The van der Waals surface area contributed by atoms with Crippen molar-refractivity contribution >= 4 is 29.4 Å². The van der Waals surface area contributed by atoms with Gasteiger partial charge in [0, 0.05) is 30.4 Å². The zero-order valence-electron chi connectivity index (χ0n) is 24.5. The molecule has 3 aromatic rings. The largest absolute Gasteiger partial charge is 0.496 e. The van der Waals surface area contributed by atoms with Crippen LogP contribution in [0, 0.1) is 23.4 Å². The van der Waals surface area contributed by atoms with Crippen LogP contribution in [0.2, 0.25) is 0 Å². The Labute approximate surface area is 256 Å². The number of carboxylic acids is 1. The smallest absolute Gasteiger partial charge is 0.337 e. The lowest BCUT2D eigenvalue weighted by Gasteiger charge is -2.26. The molecule has 0 aliphatic carbocycles. The fourth-order valence-electron chi connectivity index (χ4n) is 4.92. The number of imide groups is 1. The van der Waals surface area contributed by atoms with Crippen LogP contribution in [0.1, 0.15) is 47.3 Å². The Morgan fingerprint density at radius 2 is 1.84 bits per heavy atom. The molecule has 0 unspecified atom stereocenters. The molecule has 4 rings (SSSR count). The second kappa shape index (κ2) is 14.5. The number of hydrogen-bond acceptors (Lipinski definition) is 7. The van der Waals surface area contributed by atoms with E-state index < -0.39 is 53.9 Å². The van der Waals surface area contributed by atoms with E-state index in [0.717, 1.165) is 17.0 Å². The maximum Gasteiger partial charge on any atom is 0.337 e. The summed E-state index contributed by atoms with van der Waals surface area (Å²) in [6.07, 6.45) is 1.04. The minimum absolute atomic E-state index is 0.000950. The van der Waals surface area contributed by atoms with Crippen LogP contribution in [0.3, 0.4) is 0 Å². The van der Waals surface area contributed by atoms with Crippen LogP contribution < -0.4 is 25.9 Å². The normalized spacial score (nSPS) is 16.5. The number of carbonyl (C=O) groups excluding carboxylic acids is 2. The van der Waals surface area contributed by atoms with Gasteiger partial charge in [0.2, 0.25) is 5.91 Å².